The third-order valence-corrected chi connectivity index (χ3v) is 7.25. The van der Waals surface area contributed by atoms with E-state index in [2.05, 4.69) is 27.8 Å². The quantitative estimate of drug-likeness (QED) is 0.352. The van der Waals surface area contributed by atoms with Crippen LogP contribution in [0.1, 0.15) is 19.3 Å². The van der Waals surface area contributed by atoms with Crippen LogP contribution in [0.15, 0.2) is 46.3 Å². The van der Waals surface area contributed by atoms with Gasteiger partial charge in [0.1, 0.15) is 0 Å². The van der Waals surface area contributed by atoms with Crippen LogP contribution in [0.5, 0.6) is 0 Å². The van der Waals surface area contributed by atoms with Crippen molar-refractivity contribution in [2.75, 3.05) is 13.7 Å². The van der Waals surface area contributed by atoms with E-state index in [-0.39, 0.29) is 36.0 Å². The van der Waals surface area contributed by atoms with Gasteiger partial charge in [-0.2, -0.15) is 8.42 Å². The van der Waals surface area contributed by atoms with E-state index in [1.54, 1.807) is 18.2 Å². The van der Waals surface area contributed by atoms with Crippen LogP contribution in [-0.2, 0) is 28.6 Å². The van der Waals surface area contributed by atoms with Crippen LogP contribution in [0.4, 0.5) is 0 Å². The molecule has 2 aliphatic rings. The molecule has 1 aromatic carbocycles. The lowest BCUT2D eigenvalue weighted by Crippen LogP contribution is -2.34. The average molecular weight is 472 g/mol. The summed E-state index contributed by atoms with van der Waals surface area (Å²) in [7, 11) is -2.62. The largest absolute Gasteiger partial charge is 0.469 e. The molecule has 7 nitrogen and oxygen atoms in total. The molecule has 1 N–H and O–H groups in total. The average Bonchev–Trinajstić information content (AvgIpc) is 3.18. The zero-order valence-electron chi connectivity index (χ0n) is 15.4. The minimum absolute atomic E-state index is 0.0419. The number of halogens is 1. The van der Waals surface area contributed by atoms with Gasteiger partial charge in [0.25, 0.3) is 10.1 Å². The molecule has 152 valence electrons. The summed E-state index contributed by atoms with van der Waals surface area (Å²) in [5.74, 6) is -0.633. The number of hydrogen-bond donors (Lipinski definition) is 1. The molecule has 0 unspecified atom stereocenters. The first kappa shape index (κ1) is 21.2. The fourth-order valence-corrected chi connectivity index (χ4v) is 5.00. The Morgan fingerprint density at radius 3 is 2.61 bits per heavy atom. The lowest BCUT2D eigenvalue weighted by molar-refractivity contribution is -0.149. The van der Waals surface area contributed by atoms with Crippen molar-refractivity contribution in [3.8, 4) is 0 Å². The highest BCUT2D eigenvalue weighted by molar-refractivity contribution is 9.10. The number of rotatable bonds is 8. The van der Waals surface area contributed by atoms with E-state index in [4.69, 9.17) is 8.92 Å². The Hall–Kier alpha value is -1.55. The van der Waals surface area contributed by atoms with Gasteiger partial charge in [0.15, 0.2) is 5.78 Å². The van der Waals surface area contributed by atoms with E-state index < -0.39 is 33.6 Å². The Labute approximate surface area is 172 Å². The van der Waals surface area contributed by atoms with Gasteiger partial charge >= 0.3 is 5.97 Å². The minimum atomic E-state index is -3.92. The van der Waals surface area contributed by atoms with Crippen LogP contribution in [-0.4, -0.2) is 46.0 Å². The number of allylic oxidation sites excluding steroid dienone is 1. The second-order valence-corrected chi connectivity index (χ2v) is 9.65. The Kier molecular flexibility index (Phi) is 6.09. The molecule has 9 heteroatoms. The Morgan fingerprint density at radius 1 is 1.36 bits per heavy atom. The van der Waals surface area contributed by atoms with Crippen molar-refractivity contribution in [1.29, 1.82) is 0 Å². The molecule has 4 atom stereocenters. The molecule has 1 heterocycles. The van der Waals surface area contributed by atoms with E-state index in [0.29, 0.717) is 6.42 Å². The molecular formula is C19H22BrNO6S. The number of methoxy groups -OCH3 is 1. The third kappa shape index (κ3) is 4.22. The summed E-state index contributed by atoms with van der Waals surface area (Å²) in [6, 6.07) is 5.58. The summed E-state index contributed by atoms with van der Waals surface area (Å²) in [5, 5.41) is 3.01. The van der Waals surface area contributed by atoms with Crippen molar-refractivity contribution in [2.24, 2.45) is 11.3 Å². The molecule has 0 aromatic heterocycles. The maximum absolute atomic E-state index is 12.7. The molecule has 0 radical (unpaired) electrons. The van der Waals surface area contributed by atoms with Crippen molar-refractivity contribution in [2.45, 2.75) is 36.3 Å². The predicted octanol–water partition coefficient (Wildman–Crippen LogP) is 2.21. The van der Waals surface area contributed by atoms with Crippen molar-refractivity contribution >= 4 is 37.8 Å². The molecule has 1 saturated carbocycles. The van der Waals surface area contributed by atoms with Gasteiger partial charge in [0, 0.05) is 17.4 Å². The van der Waals surface area contributed by atoms with Gasteiger partial charge in [0.2, 0.25) is 0 Å². The molecule has 2 fully saturated rings. The van der Waals surface area contributed by atoms with E-state index in [9.17, 15) is 18.0 Å². The molecule has 0 amide bonds. The fourth-order valence-electron chi connectivity index (χ4n) is 3.65. The van der Waals surface area contributed by atoms with Crippen molar-refractivity contribution in [3.05, 3.63) is 41.4 Å². The van der Waals surface area contributed by atoms with E-state index in [1.807, 2.05) is 0 Å². The molecule has 0 bridgehead atoms. The summed E-state index contributed by atoms with van der Waals surface area (Å²) in [6.07, 6.45) is 1.83. The van der Waals surface area contributed by atoms with Crippen LogP contribution in [0, 0.1) is 11.3 Å². The van der Waals surface area contributed by atoms with E-state index >= 15 is 0 Å². The molecule has 1 aliphatic heterocycles. The Morgan fingerprint density at radius 2 is 2.04 bits per heavy atom. The molecule has 3 rings (SSSR count). The molecule has 1 aliphatic carbocycles. The van der Waals surface area contributed by atoms with E-state index in [1.165, 1.54) is 19.2 Å². The van der Waals surface area contributed by atoms with Gasteiger partial charge in [-0.05, 0) is 43.0 Å². The monoisotopic (exact) mass is 471 g/mol. The second kappa shape index (κ2) is 8.06. The highest BCUT2D eigenvalue weighted by atomic mass is 79.9. The van der Waals surface area contributed by atoms with Crippen molar-refractivity contribution < 1.29 is 26.9 Å². The van der Waals surface area contributed by atoms with Crippen LogP contribution in [0.3, 0.4) is 0 Å². The standard InChI is InChI=1S/C19H22BrNO6S/c1-3-12-9-19(12,18(23)26-2)10-17(22)16-8-14(11-21-16)27-28(24,25)15-6-4-13(20)5-7-15/h3-7,12,14,16,21H,1,8-11H2,2H3/t12-,14+,16+,19-/m1/s1. The normalized spacial score (nSPS) is 29.3. The fraction of sp³-hybridized carbons (Fsp3) is 0.474. The number of Topliss-reactive ketones (excluding diaryl/α,β-unsaturated/α-hetero) is 1. The van der Waals surface area contributed by atoms with Gasteiger partial charge in [-0.3, -0.25) is 13.8 Å². The summed E-state index contributed by atoms with van der Waals surface area (Å²) in [6.45, 7) is 3.94. The van der Waals surface area contributed by atoms with Crippen LogP contribution in [0.2, 0.25) is 0 Å². The third-order valence-electron chi connectivity index (χ3n) is 5.34. The number of ether oxygens (including phenoxy) is 1. The van der Waals surface area contributed by atoms with Gasteiger partial charge in [-0.1, -0.05) is 22.0 Å². The van der Waals surface area contributed by atoms with Gasteiger partial charge in [0.05, 0.1) is 29.6 Å². The van der Waals surface area contributed by atoms with Crippen LogP contribution in [0.25, 0.3) is 0 Å². The lowest BCUT2D eigenvalue weighted by Gasteiger charge is -2.16. The molecule has 1 saturated heterocycles. The number of benzene rings is 1. The first-order valence-corrected chi connectivity index (χ1v) is 11.1. The molecule has 1 aromatic rings. The first-order chi connectivity index (χ1) is 13.2. The number of carbonyl (C=O) groups is 2. The lowest BCUT2D eigenvalue weighted by atomic mass is 9.92. The number of esters is 1. The minimum Gasteiger partial charge on any atom is -0.469 e. The number of nitrogens with one attached hydrogen (secondary N) is 1. The highest BCUT2D eigenvalue weighted by Crippen LogP contribution is 2.57. The maximum atomic E-state index is 12.7. The SMILES string of the molecule is C=C[C@@H]1C[C@]1(CC(=O)[C@@H]1C[C@H](OS(=O)(=O)c2ccc(Br)cc2)CN1)C(=O)OC. The molecule has 28 heavy (non-hydrogen) atoms. The zero-order valence-corrected chi connectivity index (χ0v) is 17.8. The van der Waals surface area contributed by atoms with Crippen molar-refractivity contribution in [1.82, 2.24) is 5.32 Å². The number of hydrogen-bond acceptors (Lipinski definition) is 7. The maximum Gasteiger partial charge on any atom is 0.312 e. The zero-order chi connectivity index (χ0) is 20.5. The smallest absolute Gasteiger partial charge is 0.312 e. The Bertz CT molecular complexity index is 884. The van der Waals surface area contributed by atoms with Crippen molar-refractivity contribution in [3.63, 3.8) is 0 Å². The Balaban J connectivity index is 1.60. The molecule has 0 spiro atoms. The topological polar surface area (TPSA) is 98.8 Å². The summed E-state index contributed by atoms with van der Waals surface area (Å²) >= 11 is 3.26. The van der Waals surface area contributed by atoms with Gasteiger partial charge in [-0.15, -0.1) is 6.58 Å². The molecular weight excluding hydrogens is 450 g/mol. The highest BCUT2D eigenvalue weighted by Gasteiger charge is 2.60. The van der Waals surface area contributed by atoms with Crippen LogP contribution >= 0.6 is 15.9 Å². The summed E-state index contributed by atoms with van der Waals surface area (Å²) in [5.41, 5.74) is -0.836. The van der Waals surface area contributed by atoms with E-state index in [0.717, 1.165) is 4.47 Å². The second-order valence-electron chi connectivity index (χ2n) is 7.16. The first-order valence-electron chi connectivity index (χ1n) is 8.88. The van der Waals surface area contributed by atoms with Gasteiger partial charge < -0.3 is 10.1 Å². The predicted molar refractivity (Wildman–Crippen MR) is 105 cm³/mol. The number of carbonyl (C=O) groups excluding carboxylic acids is 2. The summed E-state index contributed by atoms with van der Waals surface area (Å²) < 4.78 is 35.7. The number of ketones is 1. The van der Waals surface area contributed by atoms with Gasteiger partial charge in [-0.25, -0.2) is 0 Å². The summed E-state index contributed by atoms with van der Waals surface area (Å²) in [4.78, 5) is 24.8. The van der Waals surface area contributed by atoms with Crippen LogP contribution < -0.4 is 5.32 Å².